The summed E-state index contributed by atoms with van der Waals surface area (Å²) in [5, 5.41) is 23.2. The summed E-state index contributed by atoms with van der Waals surface area (Å²) in [5.74, 6) is 0.812. The van der Waals surface area contributed by atoms with Crippen LogP contribution in [-0.4, -0.2) is 34.5 Å². The van der Waals surface area contributed by atoms with E-state index in [1.54, 1.807) is 0 Å². The molecule has 102 valence electrons. The molecule has 0 amide bonds. The SMILES string of the molecule is CCC1CCC(O)(CNCCC(C)(C)O)CC1. The lowest BCUT2D eigenvalue weighted by molar-refractivity contribution is -0.0102. The van der Waals surface area contributed by atoms with Crippen LogP contribution >= 0.6 is 0 Å². The van der Waals surface area contributed by atoms with Crippen LogP contribution < -0.4 is 5.32 Å². The third-order valence-corrected chi connectivity index (χ3v) is 3.98. The van der Waals surface area contributed by atoms with Gasteiger partial charge in [0, 0.05) is 6.54 Å². The molecule has 3 N–H and O–H groups in total. The zero-order valence-corrected chi connectivity index (χ0v) is 11.6. The first-order valence-corrected chi connectivity index (χ1v) is 7.00. The molecule has 3 nitrogen and oxygen atoms in total. The van der Waals surface area contributed by atoms with Gasteiger partial charge in [0.25, 0.3) is 0 Å². The minimum Gasteiger partial charge on any atom is -0.390 e. The van der Waals surface area contributed by atoms with E-state index in [-0.39, 0.29) is 0 Å². The van der Waals surface area contributed by atoms with E-state index in [4.69, 9.17) is 0 Å². The van der Waals surface area contributed by atoms with Crippen molar-refractivity contribution in [3.8, 4) is 0 Å². The molecule has 0 aromatic carbocycles. The van der Waals surface area contributed by atoms with Crippen LogP contribution in [0.3, 0.4) is 0 Å². The Bertz CT molecular complexity index is 215. The van der Waals surface area contributed by atoms with Crippen LogP contribution in [-0.2, 0) is 0 Å². The predicted octanol–water partition coefficient (Wildman–Crippen LogP) is 2.07. The Morgan fingerprint density at radius 2 is 1.88 bits per heavy atom. The van der Waals surface area contributed by atoms with Gasteiger partial charge in [-0.2, -0.15) is 0 Å². The molecule has 0 unspecified atom stereocenters. The first-order chi connectivity index (χ1) is 7.85. The van der Waals surface area contributed by atoms with Gasteiger partial charge in [-0.25, -0.2) is 0 Å². The molecular formula is C14H29NO2. The summed E-state index contributed by atoms with van der Waals surface area (Å²) in [6, 6.07) is 0. The van der Waals surface area contributed by atoms with E-state index >= 15 is 0 Å². The summed E-state index contributed by atoms with van der Waals surface area (Å²) in [4.78, 5) is 0. The topological polar surface area (TPSA) is 52.5 Å². The van der Waals surface area contributed by atoms with E-state index in [2.05, 4.69) is 12.2 Å². The van der Waals surface area contributed by atoms with Crippen molar-refractivity contribution in [2.45, 2.75) is 70.5 Å². The number of hydrogen-bond donors (Lipinski definition) is 3. The minimum absolute atomic E-state index is 0.509. The molecule has 0 radical (unpaired) electrons. The smallest absolute Gasteiger partial charge is 0.0771 e. The summed E-state index contributed by atoms with van der Waals surface area (Å²) >= 11 is 0. The Kier molecular flexibility index (Phi) is 5.42. The molecule has 1 aliphatic rings. The fraction of sp³-hybridized carbons (Fsp3) is 1.00. The first kappa shape index (κ1) is 14.9. The van der Waals surface area contributed by atoms with Crippen LogP contribution in [0.2, 0.25) is 0 Å². The zero-order valence-electron chi connectivity index (χ0n) is 11.6. The third kappa shape index (κ3) is 5.84. The molecular weight excluding hydrogens is 214 g/mol. The van der Waals surface area contributed by atoms with Crippen LogP contribution in [0.15, 0.2) is 0 Å². The third-order valence-electron chi connectivity index (χ3n) is 3.98. The van der Waals surface area contributed by atoms with Gasteiger partial charge >= 0.3 is 0 Å². The highest BCUT2D eigenvalue weighted by atomic mass is 16.3. The van der Waals surface area contributed by atoms with Gasteiger partial charge in [0.05, 0.1) is 11.2 Å². The van der Waals surface area contributed by atoms with E-state index in [1.165, 1.54) is 6.42 Å². The summed E-state index contributed by atoms with van der Waals surface area (Å²) < 4.78 is 0. The minimum atomic E-state index is -0.616. The highest BCUT2D eigenvalue weighted by Crippen LogP contribution is 2.33. The second kappa shape index (κ2) is 6.17. The van der Waals surface area contributed by atoms with Crippen LogP contribution in [0.5, 0.6) is 0 Å². The fourth-order valence-electron chi connectivity index (χ4n) is 2.52. The van der Waals surface area contributed by atoms with E-state index in [1.807, 2.05) is 13.8 Å². The summed E-state index contributed by atoms with van der Waals surface area (Å²) in [7, 11) is 0. The number of rotatable bonds is 6. The van der Waals surface area contributed by atoms with Crippen molar-refractivity contribution in [1.82, 2.24) is 5.32 Å². The Labute approximate surface area is 106 Å². The van der Waals surface area contributed by atoms with Crippen molar-refractivity contribution in [3.05, 3.63) is 0 Å². The molecule has 0 bridgehead atoms. The predicted molar refractivity (Wildman–Crippen MR) is 71.0 cm³/mol. The molecule has 1 aliphatic carbocycles. The molecule has 0 spiro atoms. The van der Waals surface area contributed by atoms with Crippen molar-refractivity contribution in [3.63, 3.8) is 0 Å². The molecule has 17 heavy (non-hydrogen) atoms. The average Bonchev–Trinajstić information content (AvgIpc) is 2.25. The van der Waals surface area contributed by atoms with E-state index in [0.29, 0.717) is 6.54 Å². The second-order valence-electron chi connectivity index (χ2n) is 6.32. The molecule has 0 aromatic heterocycles. The zero-order chi connectivity index (χ0) is 12.9. The number of hydrogen-bond acceptors (Lipinski definition) is 3. The number of nitrogens with one attached hydrogen (secondary N) is 1. The van der Waals surface area contributed by atoms with E-state index in [9.17, 15) is 10.2 Å². The standard InChI is InChI=1S/C14H29NO2/c1-4-12-5-7-14(17,8-6-12)11-15-10-9-13(2,3)16/h12,15-17H,4-11H2,1-3H3. The van der Waals surface area contributed by atoms with Gasteiger partial charge in [-0.3, -0.25) is 0 Å². The largest absolute Gasteiger partial charge is 0.390 e. The molecule has 0 aliphatic heterocycles. The first-order valence-electron chi connectivity index (χ1n) is 7.00. The molecule has 1 saturated carbocycles. The van der Waals surface area contributed by atoms with Crippen LogP contribution in [0, 0.1) is 5.92 Å². The molecule has 0 atom stereocenters. The highest BCUT2D eigenvalue weighted by Gasteiger charge is 2.32. The van der Waals surface area contributed by atoms with Gasteiger partial charge in [-0.05, 0) is 58.4 Å². The second-order valence-corrected chi connectivity index (χ2v) is 6.32. The molecule has 0 saturated heterocycles. The molecule has 0 heterocycles. The van der Waals surface area contributed by atoms with Gasteiger partial charge in [0.15, 0.2) is 0 Å². The maximum absolute atomic E-state index is 10.4. The Hall–Kier alpha value is -0.120. The summed E-state index contributed by atoms with van der Waals surface area (Å²) in [6.07, 6.45) is 6.10. The maximum Gasteiger partial charge on any atom is 0.0771 e. The van der Waals surface area contributed by atoms with Gasteiger partial charge in [-0.1, -0.05) is 13.3 Å². The van der Waals surface area contributed by atoms with Crippen molar-refractivity contribution in [1.29, 1.82) is 0 Å². The average molecular weight is 243 g/mol. The Morgan fingerprint density at radius 1 is 1.29 bits per heavy atom. The van der Waals surface area contributed by atoms with Gasteiger partial charge < -0.3 is 15.5 Å². The molecule has 1 rings (SSSR count). The molecule has 0 aromatic rings. The molecule has 3 heteroatoms. The maximum atomic E-state index is 10.4. The number of aliphatic hydroxyl groups is 2. The summed E-state index contributed by atoms with van der Waals surface area (Å²) in [6.45, 7) is 7.30. The van der Waals surface area contributed by atoms with E-state index < -0.39 is 11.2 Å². The van der Waals surface area contributed by atoms with E-state index in [0.717, 1.165) is 44.6 Å². The van der Waals surface area contributed by atoms with Crippen LogP contribution in [0.4, 0.5) is 0 Å². The van der Waals surface area contributed by atoms with Gasteiger partial charge in [-0.15, -0.1) is 0 Å². The normalized spacial score (nSPS) is 30.5. The monoisotopic (exact) mass is 243 g/mol. The quantitative estimate of drug-likeness (QED) is 0.626. The van der Waals surface area contributed by atoms with Crippen molar-refractivity contribution in [2.75, 3.05) is 13.1 Å². The lowest BCUT2D eigenvalue weighted by Crippen LogP contribution is -2.44. The van der Waals surface area contributed by atoms with Crippen LogP contribution in [0.25, 0.3) is 0 Å². The lowest BCUT2D eigenvalue weighted by atomic mass is 9.78. The van der Waals surface area contributed by atoms with Gasteiger partial charge in [0.1, 0.15) is 0 Å². The van der Waals surface area contributed by atoms with Crippen LogP contribution in [0.1, 0.15) is 59.3 Å². The summed E-state index contributed by atoms with van der Waals surface area (Å²) in [5.41, 5.74) is -1.12. The van der Waals surface area contributed by atoms with Gasteiger partial charge in [0.2, 0.25) is 0 Å². The van der Waals surface area contributed by atoms with Crippen molar-refractivity contribution < 1.29 is 10.2 Å². The highest BCUT2D eigenvalue weighted by molar-refractivity contribution is 4.87. The van der Waals surface area contributed by atoms with Crippen molar-refractivity contribution >= 4 is 0 Å². The fourth-order valence-corrected chi connectivity index (χ4v) is 2.52. The molecule has 1 fully saturated rings. The Morgan fingerprint density at radius 3 is 2.35 bits per heavy atom. The lowest BCUT2D eigenvalue weighted by Gasteiger charge is -2.36. The van der Waals surface area contributed by atoms with Crippen molar-refractivity contribution in [2.24, 2.45) is 5.92 Å². The Balaban J connectivity index is 2.18.